The number of aromatic nitrogens is 1. The van der Waals surface area contributed by atoms with Crippen molar-refractivity contribution in [3.05, 3.63) is 46.4 Å². The van der Waals surface area contributed by atoms with E-state index >= 15 is 0 Å². The van der Waals surface area contributed by atoms with Crippen LogP contribution in [0.1, 0.15) is 20.0 Å². The molecule has 0 atom stereocenters. The van der Waals surface area contributed by atoms with Crippen molar-refractivity contribution in [3.63, 3.8) is 0 Å². The first kappa shape index (κ1) is 10.5. The van der Waals surface area contributed by atoms with E-state index in [0.717, 1.165) is 22.9 Å². The third kappa shape index (κ3) is 1.69. The number of H-pyrrole nitrogens is 1. The zero-order valence-electron chi connectivity index (χ0n) is 7.50. The van der Waals surface area contributed by atoms with Crippen LogP contribution in [-0.2, 0) is 6.42 Å². The van der Waals surface area contributed by atoms with Gasteiger partial charge in [-0.2, -0.15) is 0 Å². The van der Waals surface area contributed by atoms with Crippen LogP contribution in [0.25, 0.3) is 10.8 Å². The fourth-order valence-corrected chi connectivity index (χ4v) is 1.46. The molecule has 14 heavy (non-hydrogen) atoms. The highest BCUT2D eigenvalue weighted by atomic mass is 16.1. The lowest BCUT2D eigenvalue weighted by Crippen LogP contribution is -2.08. The quantitative estimate of drug-likeness (QED) is 0.735. The van der Waals surface area contributed by atoms with Crippen molar-refractivity contribution in [3.8, 4) is 0 Å². The fourth-order valence-electron chi connectivity index (χ4n) is 1.46. The second kappa shape index (κ2) is 4.09. The lowest BCUT2D eigenvalue weighted by Gasteiger charge is -1.99. The first-order valence-electron chi connectivity index (χ1n) is 4.42. The van der Waals surface area contributed by atoms with E-state index in [2.05, 4.69) is 4.98 Å². The summed E-state index contributed by atoms with van der Waals surface area (Å²) in [6.07, 6.45) is 0.861. The summed E-state index contributed by atoms with van der Waals surface area (Å²) in [6.45, 7) is 2.03. The molecule has 0 spiro atoms. The number of rotatable bonds is 1. The molecule has 1 N–H and O–H groups in total. The van der Waals surface area contributed by atoms with Crippen molar-refractivity contribution in [1.29, 1.82) is 0 Å². The van der Waals surface area contributed by atoms with Crippen molar-refractivity contribution >= 4 is 10.8 Å². The van der Waals surface area contributed by atoms with E-state index in [0.29, 0.717) is 0 Å². The minimum atomic E-state index is 0. The molecule has 2 nitrogen and oxygen atoms in total. The molecule has 0 saturated carbocycles. The van der Waals surface area contributed by atoms with Crippen molar-refractivity contribution in [1.82, 2.24) is 4.98 Å². The molecular weight excluding hydrogens is 174 g/mol. The normalized spacial score (nSPS) is 9.79. The first-order valence-corrected chi connectivity index (χ1v) is 4.42. The van der Waals surface area contributed by atoms with Crippen LogP contribution in [0.5, 0.6) is 0 Å². The first-order chi connectivity index (χ1) is 6.31. The van der Waals surface area contributed by atoms with Crippen LogP contribution in [0.4, 0.5) is 0 Å². The van der Waals surface area contributed by atoms with E-state index in [1.165, 1.54) is 0 Å². The number of nitrogens with one attached hydrogen (secondary N) is 1. The van der Waals surface area contributed by atoms with Gasteiger partial charge in [0.25, 0.3) is 5.56 Å². The van der Waals surface area contributed by atoms with Gasteiger partial charge in [0.05, 0.1) is 0 Å². The number of fused-ring (bicyclic) bond motifs is 1. The van der Waals surface area contributed by atoms with Crippen LogP contribution in [-0.4, -0.2) is 4.98 Å². The van der Waals surface area contributed by atoms with Crippen LogP contribution < -0.4 is 5.56 Å². The molecule has 2 heteroatoms. The Morgan fingerprint density at radius 1 is 1.29 bits per heavy atom. The van der Waals surface area contributed by atoms with E-state index in [-0.39, 0.29) is 13.0 Å². The van der Waals surface area contributed by atoms with Crippen molar-refractivity contribution in [2.75, 3.05) is 0 Å². The maximum atomic E-state index is 11.5. The van der Waals surface area contributed by atoms with E-state index in [1.54, 1.807) is 0 Å². The molecule has 0 amide bonds. The van der Waals surface area contributed by atoms with Gasteiger partial charge in [0, 0.05) is 11.1 Å². The van der Waals surface area contributed by atoms with Crippen LogP contribution in [0.15, 0.2) is 35.1 Å². The summed E-state index contributed by atoms with van der Waals surface area (Å²) in [4.78, 5) is 14.3. The topological polar surface area (TPSA) is 32.9 Å². The Kier molecular flexibility index (Phi) is 3.07. The molecule has 1 heterocycles. The van der Waals surface area contributed by atoms with Gasteiger partial charge in [0.2, 0.25) is 0 Å². The van der Waals surface area contributed by atoms with Gasteiger partial charge >= 0.3 is 0 Å². The summed E-state index contributed by atoms with van der Waals surface area (Å²) in [5.41, 5.74) is 0.999. The smallest absolute Gasteiger partial charge is 0.256 e. The highest BCUT2D eigenvalue weighted by Crippen LogP contribution is 2.09. The minimum absolute atomic E-state index is 0. The summed E-state index contributed by atoms with van der Waals surface area (Å²) in [7, 11) is 0. The predicted octanol–water partition coefficient (Wildman–Crippen LogP) is 2.73. The zero-order chi connectivity index (χ0) is 9.26. The number of aromatic amines is 1. The molecule has 0 radical (unpaired) electrons. The summed E-state index contributed by atoms with van der Waals surface area (Å²) in [6, 6.07) is 9.65. The van der Waals surface area contributed by atoms with E-state index in [9.17, 15) is 4.79 Å². The molecule has 0 unspecified atom stereocenters. The summed E-state index contributed by atoms with van der Waals surface area (Å²) >= 11 is 0. The Bertz CT molecular complexity index is 485. The van der Waals surface area contributed by atoms with Gasteiger partial charge in [-0.15, -0.1) is 0 Å². The second-order valence-electron chi connectivity index (χ2n) is 3.06. The maximum absolute atomic E-state index is 11.5. The molecule has 2 rings (SSSR count). The third-order valence-corrected chi connectivity index (χ3v) is 2.19. The average Bonchev–Trinajstić information content (AvgIpc) is 2.18. The molecule has 74 valence electrons. The molecule has 1 aromatic carbocycles. The van der Waals surface area contributed by atoms with Gasteiger partial charge in [0.15, 0.2) is 0 Å². The highest BCUT2D eigenvalue weighted by Gasteiger charge is 1.98. The van der Waals surface area contributed by atoms with Gasteiger partial charge in [-0.05, 0) is 23.9 Å². The average molecular weight is 189 g/mol. The van der Waals surface area contributed by atoms with Crippen LogP contribution in [0.3, 0.4) is 0 Å². The molecule has 0 saturated heterocycles. The Hall–Kier alpha value is -1.57. The van der Waals surface area contributed by atoms with E-state index in [1.807, 2.05) is 37.3 Å². The summed E-state index contributed by atoms with van der Waals surface area (Å²) < 4.78 is 0. The SMILES string of the molecule is C.CCc1cc2ccccc2c(=O)[nH]1. The Labute approximate surface area is 83.6 Å². The van der Waals surface area contributed by atoms with Crippen molar-refractivity contribution in [2.24, 2.45) is 0 Å². The van der Waals surface area contributed by atoms with Crippen molar-refractivity contribution < 1.29 is 0 Å². The van der Waals surface area contributed by atoms with Gasteiger partial charge in [-0.1, -0.05) is 32.5 Å². The number of pyridine rings is 1. The van der Waals surface area contributed by atoms with Gasteiger partial charge < -0.3 is 4.98 Å². The van der Waals surface area contributed by atoms with Crippen molar-refractivity contribution in [2.45, 2.75) is 20.8 Å². The molecule has 0 fully saturated rings. The lowest BCUT2D eigenvalue weighted by molar-refractivity contribution is 1.02. The molecule has 0 bridgehead atoms. The third-order valence-electron chi connectivity index (χ3n) is 2.19. The Balaban J connectivity index is 0.000000980. The second-order valence-corrected chi connectivity index (χ2v) is 3.06. The number of aryl methyl sites for hydroxylation is 1. The van der Waals surface area contributed by atoms with E-state index in [4.69, 9.17) is 0 Å². The molecule has 0 aliphatic carbocycles. The lowest BCUT2D eigenvalue weighted by atomic mass is 10.1. The predicted molar refractivity (Wildman–Crippen MR) is 60.7 cm³/mol. The Morgan fingerprint density at radius 2 is 2.00 bits per heavy atom. The number of benzene rings is 1. The monoisotopic (exact) mass is 189 g/mol. The van der Waals surface area contributed by atoms with Gasteiger partial charge in [0.1, 0.15) is 0 Å². The zero-order valence-corrected chi connectivity index (χ0v) is 7.50. The van der Waals surface area contributed by atoms with Gasteiger partial charge in [-0.25, -0.2) is 0 Å². The molecular formula is C12H15NO. The largest absolute Gasteiger partial charge is 0.326 e. The maximum Gasteiger partial charge on any atom is 0.256 e. The van der Waals surface area contributed by atoms with Gasteiger partial charge in [-0.3, -0.25) is 4.79 Å². The number of hydrogen-bond donors (Lipinski definition) is 1. The molecule has 1 aromatic heterocycles. The fraction of sp³-hybridized carbons (Fsp3) is 0.250. The van der Waals surface area contributed by atoms with E-state index < -0.39 is 0 Å². The summed E-state index contributed by atoms with van der Waals surface area (Å²) in [5, 5.41) is 1.78. The Morgan fingerprint density at radius 3 is 2.71 bits per heavy atom. The standard InChI is InChI=1S/C11H11NO.CH4/c1-2-9-7-8-5-3-4-6-10(8)11(13)12-9;/h3-7H,2H2,1H3,(H,12,13);1H4. The highest BCUT2D eigenvalue weighted by molar-refractivity contribution is 5.81. The van der Waals surface area contributed by atoms with Crippen LogP contribution >= 0.6 is 0 Å². The van der Waals surface area contributed by atoms with Crippen LogP contribution in [0, 0.1) is 0 Å². The minimum Gasteiger partial charge on any atom is -0.326 e. The summed E-state index contributed by atoms with van der Waals surface area (Å²) in [5.74, 6) is 0. The van der Waals surface area contributed by atoms with Crippen LogP contribution in [0.2, 0.25) is 0 Å². The molecule has 0 aliphatic heterocycles. The molecule has 0 aliphatic rings. The number of hydrogen-bond acceptors (Lipinski definition) is 1. The molecule has 2 aromatic rings.